The molecule has 0 aromatic heterocycles. The maximum atomic E-state index is 14.0. The van der Waals surface area contributed by atoms with Crippen molar-refractivity contribution in [3.8, 4) is 0 Å². The van der Waals surface area contributed by atoms with Crippen molar-refractivity contribution in [2.75, 3.05) is 46.4 Å². The number of aryl methyl sites for hydroxylation is 1. The number of hydrogen-bond acceptors (Lipinski definition) is 5. The predicted octanol–water partition coefficient (Wildman–Crippen LogP) is 3.11. The van der Waals surface area contributed by atoms with Gasteiger partial charge in [0.2, 0.25) is 0 Å². The molecule has 0 radical (unpaired) electrons. The van der Waals surface area contributed by atoms with Gasteiger partial charge in [-0.1, -0.05) is 29.8 Å². The van der Waals surface area contributed by atoms with Crippen LogP contribution in [0.1, 0.15) is 34.5 Å². The number of urea groups is 1. The van der Waals surface area contributed by atoms with Gasteiger partial charge in [-0.3, -0.25) is 14.6 Å². The summed E-state index contributed by atoms with van der Waals surface area (Å²) in [5.41, 5.74) is 3.00. The lowest BCUT2D eigenvalue weighted by atomic mass is 9.94. The molecule has 1 atom stereocenters. The van der Waals surface area contributed by atoms with E-state index in [-0.39, 0.29) is 24.1 Å². The largest absolute Gasteiger partial charge is 0.463 e. The van der Waals surface area contributed by atoms with Crippen LogP contribution in [0.25, 0.3) is 0 Å². The molecule has 1 fully saturated rings. The fourth-order valence-electron chi connectivity index (χ4n) is 4.53. The molecule has 9 heteroatoms. The van der Waals surface area contributed by atoms with Crippen LogP contribution >= 0.6 is 0 Å². The van der Waals surface area contributed by atoms with Crippen LogP contribution in [0.5, 0.6) is 0 Å². The SMILES string of the molecule is CCOC(=O)C1=C(CN2CCN(C(=O)c3ccc(C)cc3)CC2)N(C)C(=O)N[C@H]1c1cccc(F)c1. The van der Waals surface area contributed by atoms with Gasteiger partial charge in [0.15, 0.2) is 0 Å². The van der Waals surface area contributed by atoms with Gasteiger partial charge in [-0.15, -0.1) is 0 Å². The highest BCUT2D eigenvalue weighted by atomic mass is 19.1. The van der Waals surface area contributed by atoms with Crippen LogP contribution in [0, 0.1) is 12.7 Å². The van der Waals surface area contributed by atoms with E-state index in [2.05, 4.69) is 10.2 Å². The minimum absolute atomic E-state index is 0.0126. The lowest BCUT2D eigenvalue weighted by molar-refractivity contribution is -0.139. The van der Waals surface area contributed by atoms with Crippen LogP contribution in [-0.2, 0) is 9.53 Å². The first-order chi connectivity index (χ1) is 17.3. The Morgan fingerprint density at radius 3 is 2.42 bits per heavy atom. The van der Waals surface area contributed by atoms with E-state index >= 15 is 0 Å². The van der Waals surface area contributed by atoms with Crippen molar-refractivity contribution in [2.24, 2.45) is 0 Å². The molecule has 3 amide bonds. The maximum absolute atomic E-state index is 14.0. The molecule has 2 aromatic carbocycles. The van der Waals surface area contributed by atoms with E-state index in [1.807, 2.05) is 36.1 Å². The molecule has 2 heterocycles. The molecule has 1 N–H and O–H groups in total. The minimum Gasteiger partial charge on any atom is -0.463 e. The van der Waals surface area contributed by atoms with Crippen molar-refractivity contribution in [2.45, 2.75) is 19.9 Å². The number of hydrogen-bond donors (Lipinski definition) is 1. The van der Waals surface area contributed by atoms with Gasteiger partial charge < -0.3 is 15.0 Å². The van der Waals surface area contributed by atoms with E-state index in [1.54, 1.807) is 26.1 Å². The molecule has 0 bridgehead atoms. The Kier molecular flexibility index (Phi) is 7.69. The summed E-state index contributed by atoms with van der Waals surface area (Å²) in [6.45, 7) is 6.39. The number of amides is 3. The van der Waals surface area contributed by atoms with Crippen molar-refractivity contribution in [1.29, 1.82) is 0 Å². The number of likely N-dealkylation sites (N-methyl/N-ethyl adjacent to an activating group) is 1. The highest BCUT2D eigenvalue weighted by Crippen LogP contribution is 2.32. The predicted molar refractivity (Wildman–Crippen MR) is 133 cm³/mol. The van der Waals surface area contributed by atoms with Gasteiger partial charge in [0, 0.05) is 51.0 Å². The first kappa shape index (κ1) is 25.4. The zero-order chi connectivity index (χ0) is 25.8. The molecular weight excluding hydrogens is 463 g/mol. The normalized spacial score (nSPS) is 18.8. The molecule has 4 rings (SSSR count). The summed E-state index contributed by atoms with van der Waals surface area (Å²) in [7, 11) is 1.60. The van der Waals surface area contributed by atoms with Gasteiger partial charge in [0.25, 0.3) is 5.91 Å². The van der Waals surface area contributed by atoms with Crippen LogP contribution in [0.4, 0.5) is 9.18 Å². The Morgan fingerprint density at radius 1 is 1.08 bits per heavy atom. The molecule has 2 aromatic rings. The summed E-state index contributed by atoms with van der Waals surface area (Å²) in [6.07, 6.45) is 0. The summed E-state index contributed by atoms with van der Waals surface area (Å²) in [6, 6.07) is 12.1. The maximum Gasteiger partial charge on any atom is 0.338 e. The monoisotopic (exact) mass is 494 g/mol. The number of nitrogens with zero attached hydrogens (tertiary/aromatic N) is 3. The number of piperazine rings is 1. The summed E-state index contributed by atoms with van der Waals surface area (Å²) < 4.78 is 19.3. The molecule has 2 aliphatic rings. The van der Waals surface area contributed by atoms with Crippen molar-refractivity contribution >= 4 is 17.9 Å². The number of carbonyl (C=O) groups is 3. The molecule has 190 valence electrons. The highest BCUT2D eigenvalue weighted by Gasteiger charge is 2.38. The smallest absolute Gasteiger partial charge is 0.338 e. The second-order valence-electron chi connectivity index (χ2n) is 9.01. The van der Waals surface area contributed by atoms with E-state index < -0.39 is 17.8 Å². The second-order valence-corrected chi connectivity index (χ2v) is 9.01. The summed E-state index contributed by atoms with van der Waals surface area (Å²) >= 11 is 0. The third kappa shape index (κ3) is 5.41. The molecule has 2 aliphatic heterocycles. The Balaban J connectivity index is 1.56. The third-order valence-corrected chi connectivity index (χ3v) is 6.59. The van der Waals surface area contributed by atoms with Crippen LogP contribution < -0.4 is 5.32 Å². The molecule has 36 heavy (non-hydrogen) atoms. The fourth-order valence-corrected chi connectivity index (χ4v) is 4.53. The molecule has 1 saturated heterocycles. The van der Waals surface area contributed by atoms with Crippen molar-refractivity contribution < 1.29 is 23.5 Å². The summed E-state index contributed by atoms with van der Waals surface area (Å²) in [5, 5.41) is 2.80. The zero-order valence-electron chi connectivity index (χ0n) is 20.8. The quantitative estimate of drug-likeness (QED) is 0.624. The highest BCUT2D eigenvalue weighted by molar-refractivity contribution is 5.95. The van der Waals surface area contributed by atoms with Gasteiger partial charge >= 0.3 is 12.0 Å². The van der Waals surface area contributed by atoms with Crippen LogP contribution in [0.2, 0.25) is 0 Å². The van der Waals surface area contributed by atoms with E-state index in [1.165, 1.54) is 17.0 Å². The van der Waals surface area contributed by atoms with Crippen LogP contribution in [-0.4, -0.2) is 79.0 Å². The van der Waals surface area contributed by atoms with Crippen molar-refractivity contribution in [3.63, 3.8) is 0 Å². The van der Waals surface area contributed by atoms with Gasteiger partial charge in [0.05, 0.1) is 18.2 Å². The Hall–Kier alpha value is -3.72. The molecule has 0 spiro atoms. The number of esters is 1. The molecule has 0 unspecified atom stereocenters. The molecule has 8 nitrogen and oxygen atoms in total. The number of halogens is 1. The zero-order valence-corrected chi connectivity index (χ0v) is 20.8. The van der Waals surface area contributed by atoms with E-state index in [0.717, 1.165) is 5.56 Å². The van der Waals surface area contributed by atoms with E-state index in [0.29, 0.717) is 49.5 Å². The number of carbonyl (C=O) groups excluding carboxylic acids is 3. The average Bonchev–Trinajstić information content (AvgIpc) is 2.87. The minimum atomic E-state index is -0.831. The van der Waals surface area contributed by atoms with E-state index in [9.17, 15) is 18.8 Å². The lowest BCUT2D eigenvalue weighted by Crippen LogP contribution is -2.53. The van der Waals surface area contributed by atoms with Gasteiger partial charge in [-0.2, -0.15) is 0 Å². The van der Waals surface area contributed by atoms with E-state index in [4.69, 9.17) is 4.74 Å². The van der Waals surface area contributed by atoms with Crippen LogP contribution in [0.15, 0.2) is 59.8 Å². The third-order valence-electron chi connectivity index (χ3n) is 6.59. The Bertz CT molecular complexity index is 1170. The van der Waals surface area contributed by atoms with Gasteiger partial charge in [0.1, 0.15) is 5.82 Å². The lowest BCUT2D eigenvalue weighted by Gasteiger charge is -2.39. The molecular formula is C27H31FN4O4. The number of nitrogens with one attached hydrogen (secondary N) is 1. The topological polar surface area (TPSA) is 82.2 Å². The van der Waals surface area contributed by atoms with Crippen molar-refractivity contribution in [3.05, 3.63) is 82.3 Å². The standard InChI is InChI=1S/C27H31FN4O4/c1-4-36-26(34)23-22(30(3)27(35)29-24(23)20-6-5-7-21(28)16-20)17-31-12-14-32(15-13-31)25(33)19-10-8-18(2)9-11-19/h5-11,16,24H,4,12-15,17H2,1-3H3,(H,29,35)/t24-/m0/s1. The first-order valence-electron chi connectivity index (χ1n) is 12.1. The van der Waals surface area contributed by atoms with Crippen LogP contribution in [0.3, 0.4) is 0 Å². The number of rotatable bonds is 6. The van der Waals surface area contributed by atoms with Gasteiger partial charge in [-0.05, 0) is 43.7 Å². The Labute approximate surface area is 210 Å². The second kappa shape index (κ2) is 10.9. The summed E-state index contributed by atoms with van der Waals surface area (Å²) in [4.78, 5) is 44.1. The molecule has 0 saturated carbocycles. The van der Waals surface area contributed by atoms with Gasteiger partial charge in [-0.25, -0.2) is 14.0 Å². The first-order valence-corrected chi connectivity index (χ1v) is 12.1. The number of benzene rings is 2. The van der Waals surface area contributed by atoms with Crippen molar-refractivity contribution in [1.82, 2.24) is 20.0 Å². The number of ether oxygens (including phenoxy) is 1. The fraction of sp³-hybridized carbons (Fsp3) is 0.370. The Morgan fingerprint density at radius 2 is 1.78 bits per heavy atom. The summed E-state index contributed by atoms with van der Waals surface area (Å²) in [5.74, 6) is -1.02. The average molecular weight is 495 g/mol. The molecule has 0 aliphatic carbocycles.